The highest BCUT2D eigenvalue weighted by Crippen LogP contribution is 2.34. The molecule has 6 heteroatoms. The van der Waals surface area contributed by atoms with Crippen LogP contribution in [0.25, 0.3) is 10.1 Å². The fourth-order valence-electron chi connectivity index (χ4n) is 2.53. The molecule has 0 unspecified atom stereocenters. The van der Waals surface area contributed by atoms with Crippen molar-refractivity contribution >= 4 is 37.4 Å². The first-order chi connectivity index (χ1) is 10.0. The van der Waals surface area contributed by atoms with Crippen LogP contribution in [0.2, 0.25) is 0 Å². The van der Waals surface area contributed by atoms with Crippen molar-refractivity contribution < 1.29 is 4.39 Å². The van der Waals surface area contributed by atoms with Gasteiger partial charge in [-0.05, 0) is 47.5 Å². The molecule has 0 atom stereocenters. The van der Waals surface area contributed by atoms with Gasteiger partial charge in [-0.2, -0.15) is 5.10 Å². The summed E-state index contributed by atoms with van der Waals surface area (Å²) in [6.45, 7) is 4.89. The van der Waals surface area contributed by atoms with Crippen molar-refractivity contribution in [3.63, 3.8) is 0 Å². The highest BCUT2D eigenvalue weighted by Gasteiger charge is 2.17. The van der Waals surface area contributed by atoms with Crippen LogP contribution in [0.15, 0.2) is 22.7 Å². The number of nitrogens with zero attached hydrogens (tertiary/aromatic N) is 2. The Morgan fingerprint density at radius 2 is 2.14 bits per heavy atom. The van der Waals surface area contributed by atoms with Gasteiger partial charge in [0, 0.05) is 21.5 Å². The van der Waals surface area contributed by atoms with Gasteiger partial charge in [0.15, 0.2) is 0 Å². The quantitative estimate of drug-likeness (QED) is 0.756. The number of fused-ring (bicyclic) bond motifs is 1. The van der Waals surface area contributed by atoms with Crippen molar-refractivity contribution in [3.8, 4) is 0 Å². The lowest BCUT2D eigenvalue weighted by atomic mass is 10.1. The number of rotatable bonds is 3. The predicted molar refractivity (Wildman–Crippen MR) is 88.2 cm³/mol. The van der Waals surface area contributed by atoms with Crippen LogP contribution in [0.5, 0.6) is 0 Å². The third-order valence-corrected chi connectivity index (χ3v) is 6.00. The van der Waals surface area contributed by atoms with Crippen molar-refractivity contribution in [1.29, 1.82) is 0 Å². The molecular formula is C15H15BrFN3S. The smallest absolute Gasteiger partial charge is 0.132 e. The zero-order chi connectivity index (χ0) is 15.1. The lowest BCUT2D eigenvalue weighted by molar-refractivity contribution is 0.631. The highest BCUT2D eigenvalue weighted by atomic mass is 79.9. The first kappa shape index (κ1) is 14.7. The summed E-state index contributed by atoms with van der Waals surface area (Å²) in [5, 5.41) is 5.18. The predicted octanol–water partition coefficient (Wildman–Crippen LogP) is 4.12. The van der Waals surface area contributed by atoms with Crippen molar-refractivity contribution in [3.05, 3.63) is 50.3 Å². The molecule has 3 nitrogen and oxygen atoms in total. The second-order valence-electron chi connectivity index (χ2n) is 4.96. The third kappa shape index (κ3) is 2.41. The van der Waals surface area contributed by atoms with E-state index in [4.69, 9.17) is 5.73 Å². The van der Waals surface area contributed by atoms with Crippen LogP contribution < -0.4 is 5.73 Å². The van der Waals surface area contributed by atoms with E-state index in [1.165, 1.54) is 6.07 Å². The number of benzene rings is 1. The van der Waals surface area contributed by atoms with Crippen molar-refractivity contribution in [2.75, 3.05) is 0 Å². The summed E-state index contributed by atoms with van der Waals surface area (Å²) < 4.78 is 18.0. The van der Waals surface area contributed by atoms with Crippen LogP contribution >= 0.6 is 27.3 Å². The van der Waals surface area contributed by atoms with E-state index in [9.17, 15) is 4.39 Å². The molecule has 1 aromatic carbocycles. The summed E-state index contributed by atoms with van der Waals surface area (Å²) >= 11 is 5.08. The molecule has 0 bridgehead atoms. The Balaban J connectivity index is 2.17. The minimum atomic E-state index is -0.195. The van der Waals surface area contributed by atoms with Crippen molar-refractivity contribution in [2.24, 2.45) is 5.73 Å². The van der Waals surface area contributed by atoms with Crippen LogP contribution in [0.1, 0.15) is 21.8 Å². The maximum absolute atomic E-state index is 14.2. The highest BCUT2D eigenvalue weighted by molar-refractivity contribution is 9.10. The average Bonchev–Trinajstić information content (AvgIpc) is 2.94. The summed E-state index contributed by atoms with van der Waals surface area (Å²) in [5.74, 6) is -0.195. The second-order valence-corrected chi connectivity index (χ2v) is 6.89. The fraction of sp³-hybridized carbons (Fsp3) is 0.267. The van der Waals surface area contributed by atoms with Crippen LogP contribution in [-0.2, 0) is 13.1 Å². The van der Waals surface area contributed by atoms with Gasteiger partial charge in [-0.1, -0.05) is 6.07 Å². The number of halogens is 2. The number of hydrogen-bond donors (Lipinski definition) is 1. The first-order valence-electron chi connectivity index (χ1n) is 6.61. The molecule has 0 aliphatic rings. The Labute approximate surface area is 134 Å². The summed E-state index contributed by atoms with van der Waals surface area (Å²) in [6, 6.07) is 5.16. The first-order valence-corrected chi connectivity index (χ1v) is 8.22. The molecule has 21 heavy (non-hydrogen) atoms. The lowest BCUT2D eigenvalue weighted by Crippen LogP contribution is -2.07. The molecule has 3 rings (SSSR count). The topological polar surface area (TPSA) is 43.8 Å². The van der Waals surface area contributed by atoms with Gasteiger partial charge in [0.2, 0.25) is 0 Å². The standard InChI is InChI=1S/C15H15BrFN3S/c1-8-15(16)9(2)20(19-8)7-10-13(6-18)21-12-5-3-4-11(17)14(10)12/h3-5H,6-7,18H2,1-2H3. The Hall–Kier alpha value is -1.24. The number of nitrogens with two attached hydrogens (primary N) is 1. The van der Waals surface area contributed by atoms with E-state index in [2.05, 4.69) is 21.0 Å². The molecule has 0 saturated carbocycles. The molecule has 110 valence electrons. The minimum absolute atomic E-state index is 0.195. The van der Waals surface area contributed by atoms with Crippen LogP contribution in [0.3, 0.4) is 0 Å². The van der Waals surface area contributed by atoms with Crippen LogP contribution in [0, 0.1) is 19.7 Å². The number of aryl methyl sites for hydroxylation is 1. The normalized spacial score (nSPS) is 11.5. The van der Waals surface area contributed by atoms with Gasteiger partial charge in [-0.25, -0.2) is 4.39 Å². The molecule has 0 aliphatic heterocycles. The van der Waals surface area contributed by atoms with Crippen LogP contribution in [0.4, 0.5) is 4.39 Å². The zero-order valence-corrected chi connectivity index (χ0v) is 14.2. The Morgan fingerprint density at radius 1 is 1.38 bits per heavy atom. The maximum Gasteiger partial charge on any atom is 0.132 e. The maximum atomic E-state index is 14.2. The molecule has 2 N–H and O–H groups in total. The molecule has 0 radical (unpaired) electrons. The minimum Gasteiger partial charge on any atom is -0.326 e. The average molecular weight is 368 g/mol. The van der Waals surface area contributed by atoms with Gasteiger partial charge in [0.1, 0.15) is 5.82 Å². The van der Waals surface area contributed by atoms with Crippen LogP contribution in [-0.4, -0.2) is 9.78 Å². The van der Waals surface area contributed by atoms with Gasteiger partial charge >= 0.3 is 0 Å². The molecule has 0 aliphatic carbocycles. The monoisotopic (exact) mass is 367 g/mol. The van der Waals surface area contributed by atoms with E-state index in [-0.39, 0.29) is 5.82 Å². The zero-order valence-electron chi connectivity index (χ0n) is 11.8. The molecule has 2 aromatic heterocycles. The van der Waals surface area contributed by atoms with E-state index in [0.29, 0.717) is 18.5 Å². The van der Waals surface area contributed by atoms with E-state index in [0.717, 1.165) is 31.0 Å². The van der Waals surface area contributed by atoms with Gasteiger partial charge < -0.3 is 5.73 Å². The molecule has 0 spiro atoms. The van der Waals surface area contributed by atoms with Gasteiger partial charge in [0.25, 0.3) is 0 Å². The lowest BCUT2D eigenvalue weighted by Gasteiger charge is -2.07. The molecule has 3 aromatic rings. The van der Waals surface area contributed by atoms with Gasteiger partial charge in [-0.15, -0.1) is 11.3 Å². The summed E-state index contributed by atoms with van der Waals surface area (Å²) in [5.41, 5.74) is 8.74. The molecule has 0 fully saturated rings. The summed E-state index contributed by atoms with van der Waals surface area (Å²) in [7, 11) is 0. The number of thiophene rings is 1. The fourth-order valence-corrected chi connectivity index (χ4v) is 3.92. The van der Waals surface area contributed by atoms with E-state index in [1.807, 2.05) is 24.6 Å². The number of aromatic nitrogens is 2. The molecular weight excluding hydrogens is 353 g/mol. The molecule has 2 heterocycles. The summed E-state index contributed by atoms with van der Waals surface area (Å²) in [4.78, 5) is 1.01. The van der Waals surface area contributed by atoms with Crippen molar-refractivity contribution in [2.45, 2.75) is 26.9 Å². The molecule has 0 saturated heterocycles. The van der Waals surface area contributed by atoms with Crippen molar-refractivity contribution in [1.82, 2.24) is 9.78 Å². The molecule has 0 amide bonds. The Bertz CT molecular complexity index is 822. The summed E-state index contributed by atoms with van der Waals surface area (Å²) in [6.07, 6.45) is 0. The SMILES string of the molecule is Cc1nn(Cc2c(CN)sc3cccc(F)c23)c(C)c1Br. The van der Waals surface area contributed by atoms with E-state index < -0.39 is 0 Å². The second kappa shape index (κ2) is 5.51. The Morgan fingerprint density at radius 3 is 2.76 bits per heavy atom. The van der Waals surface area contributed by atoms with E-state index >= 15 is 0 Å². The van der Waals surface area contributed by atoms with Gasteiger partial charge in [0.05, 0.1) is 22.4 Å². The largest absolute Gasteiger partial charge is 0.326 e. The Kier molecular flexibility index (Phi) is 3.86. The number of hydrogen-bond acceptors (Lipinski definition) is 3. The third-order valence-electron chi connectivity index (χ3n) is 3.63. The van der Waals surface area contributed by atoms with E-state index in [1.54, 1.807) is 17.4 Å². The van der Waals surface area contributed by atoms with Gasteiger partial charge in [-0.3, -0.25) is 4.68 Å².